The predicted octanol–water partition coefficient (Wildman–Crippen LogP) is 5.98. The summed E-state index contributed by atoms with van der Waals surface area (Å²) < 4.78 is 5.57. The second-order valence-electron chi connectivity index (χ2n) is 8.16. The summed E-state index contributed by atoms with van der Waals surface area (Å²) in [5, 5.41) is 9.25. The summed E-state index contributed by atoms with van der Waals surface area (Å²) in [7, 11) is 0. The van der Waals surface area contributed by atoms with Crippen LogP contribution < -0.4 is 0 Å². The first-order valence-corrected chi connectivity index (χ1v) is 10.8. The van der Waals surface area contributed by atoms with E-state index in [2.05, 4.69) is 24.3 Å². The molecule has 0 unspecified atom stereocenters. The van der Waals surface area contributed by atoms with Crippen molar-refractivity contribution in [2.24, 2.45) is 11.8 Å². The number of esters is 1. The van der Waals surface area contributed by atoms with Gasteiger partial charge in [-0.15, -0.1) is 0 Å². The number of rotatable bonds is 6. The minimum absolute atomic E-state index is 0.262. The van der Waals surface area contributed by atoms with E-state index >= 15 is 0 Å². The Balaban J connectivity index is 1.42. The van der Waals surface area contributed by atoms with Gasteiger partial charge in [-0.2, -0.15) is 0 Å². The van der Waals surface area contributed by atoms with E-state index in [0.717, 1.165) is 36.8 Å². The lowest BCUT2D eigenvalue weighted by Gasteiger charge is -2.26. The quantitative estimate of drug-likeness (QED) is 0.518. The van der Waals surface area contributed by atoms with Crippen molar-refractivity contribution in [2.45, 2.75) is 25.7 Å². The van der Waals surface area contributed by atoms with E-state index < -0.39 is 0 Å². The molecule has 1 aliphatic carbocycles. The largest absolute Gasteiger partial charge is 0.462 e. The van der Waals surface area contributed by atoms with Gasteiger partial charge in [-0.1, -0.05) is 66.7 Å². The van der Waals surface area contributed by atoms with Crippen LogP contribution in [-0.2, 0) is 4.74 Å². The fraction of sp³-hybridized carbons (Fsp3) is 0.296. The number of hydrogen-bond donors (Lipinski definition) is 1. The maximum absolute atomic E-state index is 12.5. The van der Waals surface area contributed by atoms with E-state index in [4.69, 9.17) is 4.74 Å². The second kappa shape index (κ2) is 9.73. The number of carbonyl (C=O) groups excluding carboxylic acids is 1. The molecule has 1 N–H and O–H groups in total. The lowest BCUT2D eigenvalue weighted by atomic mass is 9.83. The first-order valence-electron chi connectivity index (χ1n) is 10.8. The van der Waals surface area contributed by atoms with Crippen LogP contribution in [0.3, 0.4) is 0 Å². The molecule has 0 atom stereocenters. The molecular weight excluding hydrogens is 372 g/mol. The zero-order chi connectivity index (χ0) is 20.8. The van der Waals surface area contributed by atoms with Gasteiger partial charge in [0.15, 0.2) is 0 Å². The van der Waals surface area contributed by atoms with Gasteiger partial charge in [-0.3, -0.25) is 0 Å². The Labute approximate surface area is 178 Å². The van der Waals surface area contributed by atoms with Crippen molar-refractivity contribution in [3.05, 3.63) is 84.4 Å². The normalized spacial score (nSPS) is 18.7. The number of hydrogen-bond acceptors (Lipinski definition) is 3. The van der Waals surface area contributed by atoms with Gasteiger partial charge in [-0.05, 0) is 71.9 Å². The molecule has 30 heavy (non-hydrogen) atoms. The molecule has 3 heteroatoms. The third-order valence-electron chi connectivity index (χ3n) is 6.12. The topological polar surface area (TPSA) is 46.5 Å². The monoisotopic (exact) mass is 400 g/mol. The van der Waals surface area contributed by atoms with Gasteiger partial charge < -0.3 is 9.84 Å². The molecule has 3 nitrogen and oxygen atoms in total. The van der Waals surface area contributed by atoms with E-state index in [0.29, 0.717) is 24.0 Å². The fourth-order valence-electron chi connectivity index (χ4n) is 4.25. The van der Waals surface area contributed by atoms with E-state index in [1.165, 1.54) is 11.1 Å². The molecule has 3 aromatic carbocycles. The molecule has 1 aliphatic rings. The van der Waals surface area contributed by atoms with Crippen molar-refractivity contribution in [1.82, 2.24) is 0 Å². The lowest BCUT2D eigenvalue weighted by molar-refractivity contribution is 0.0379. The van der Waals surface area contributed by atoms with Crippen LogP contribution in [0.15, 0.2) is 78.9 Å². The molecule has 3 aromatic rings. The highest BCUT2D eigenvalue weighted by molar-refractivity contribution is 5.91. The molecule has 1 saturated carbocycles. The standard InChI is InChI=1S/C27H28O3/c28-18-20-10-12-21(13-11-20)19-30-27(29)24-16-14-23(15-17-24)26-9-5-4-8-25(26)22-6-2-1-3-7-22/h1-9,14-17,20-21,28H,10-13,18-19H2. The van der Waals surface area contributed by atoms with Crippen LogP contribution in [0, 0.1) is 11.8 Å². The number of ether oxygens (including phenoxy) is 1. The number of aliphatic hydroxyl groups excluding tert-OH is 1. The number of carbonyl (C=O) groups is 1. The van der Waals surface area contributed by atoms with Crippen molar-refractivity contribution in [3.8, 4) is 22.3 Å². The van der Waals surface area contributed by atoms with E-state index in [1.807, 2.05) is 54.6 Å². The van der Waals surface area contributed by atoms with Crippen molar-refractivity contribution < 1.29 is 14.6 Å². The van der Waals surface area contributed by atoms with Crippen molar-refractivity contribution >= 4 is 5.97 Å². The van der Waals surface area contributed by atoms with Gasteiger partial charge in [0.25, 0.3) is 0 Å². The average Bonchev–Trinajstić information content (AvgIpc) is 2.83. The molecule has 4 rings (SSSR count). The lowest BCUT2D eigenvalue weighted by Crippen LogP contribution is -2.22. The summed E-state index contributed by atoms with van der Waals surface area (Å²) in [5.74, 6) is 0.569. The van der Waals surface area contributed by atoms with Gasteiger partial charge in [0.1, 0.15) is 0 Å². The first-order chi connectivity index (χ1) is 14.7. The fourth-order valence-corrected chi connectivity index (χ4v) is 4.25. The third kappa shape index (κ3) is 4.80. The Hall–Kier alpha value is -2.91. The Morgan fingerprint density at radius 1 is 0.733 bits per heavy atom. The highest BCUT2D eigenvalue weighted by atomic mass is 16.5. The molecule has 0 spiro atoms. The maximum Gasteiger partial charge on any atom is 0.338 e. The van der Waals surface area contributed by atoms with Crippen molar-refractivity contribution in [1.29, 1.82) is 0 Å². The average molecular weight is 401 g/mol. The molecule has 0 saturated heterocycles. The summed E-state index contributed by atoms with van der Waals surface area (Å²) >= 11 is 0. The van der Waals surface area contributed by atoms with Gasteiger partial charge in [0.05, 0.1) is 12.2 Å². The zero-order valence-electron chi connectivity index (χ0n) is 17.2. The van der Waals surface area contributed by atoms with Crippen molar-refractivity contribution in [3.63, 3.8) is 0 Å². The molecule has 154 valence electrons. The Morgan fingerprint density at radius 3 is 1.87 bits per heavy atom. The Bertz CT molecular complexity index is 955. The Morgan fingerprint density at radius 2 is 1.27 bits per heavy atom. The first kappa shape index (κ1) is 20.4. The molecule has 0 bridgehead atoms. The summed E-state index contributed by atoms with van der Waals surface area (Å²) in [4.78, 5) is 12.5. The van der Waals surface area contributed by atoms with Crippen LogP contribution in [0.5, 0.6) is 0 Å². The summed E-state index contributed by atoms with van der Waals surface area (Å²) in [6.45, 7) is 0.738. The van der Waals surface area contributed by atoms with E-state index in [1.54, 1.807) is 0 Å². The molecule has 0 radical (unpaired) electrons. The van der Waals surface area contributed by atoms with Crippen LogP contribution in [-0.4, -0.2) is 24.3 Å². The van der Waals surface area contributed by atoms with Crippen LogP contribution in [0.1, 0.15) is 36.0 Å². The van der Waals surface area contributed by atoms with E-state index in [9.17, 15) is 9.90 Å². The van der Waals surface area contributed by atoms with Gasteiger partial charge in [0, 0.05) is 6.61 Å². The zero-order valence-corrected chi connectivity index (χ0v) is 17.2. The minimum atomic E-state index is -0.262. The molecule has 0 amide bonds. The molecule has 0 heterocycles. The van der Waals surface area contributed by atoms with Crippen LogP contribution in [0.4, 0.5) is 0 Å². The molecular formula is C27H28O3. The van der Waals surface area contributed by atoms with Crippen LogP contribution >= 0.6 is 0 Å². The van der Waals surface area contributed by atoms with E-state index in [-0.39, 0.29) is 12.6 Å². The molecule has 0 aromatic heterocycles. The van der Waals surface area contributed by atoms with Gasteiger partial charge in [-0.25, -0.2) is 4.79 Å². The number of benzene rings is 3. The molecule has 0 aliphatic heterocycles. The predicted molar refractivity (Wildman–Crippen MR) is 120 cm³/mol. The van der Waals surface area contributed by atoms with Gasteiger partial charge >= 0.3 is 5.97 Å². The maximum atomic E-state index is 12.5. The smallest absolute Gasteiger partial charge is 0.338 e. The van der Waals surface area contributed by atoms with Crippen LogP contribution in [0.2, 0.25) is 0 Å². The third-order valence-corrected chi connectivity index (χ3v) is 6.12. The summed E-state index contributed by atoms with van der Waals surface area (Å²) in [6.07, 6.45) is 4.09. The highest BCUT2D eigenvalue weighted by Gasteiger charge is 2.22. The van der Waals surface area contributed by atoms with Crippen molar-refractivity contribution in [2.75, 3.05) is 13.2 Å². The Kier molecular flexibility index (Phi) is 6.60. The molecule has 1 fully saturated rings. The summed E-state index contributed by atoms with van der Waals surface area (Å²) in [6, 6.07) is 26.3. The minimum Gasteiger partial charge on any atom is -0.462 e. The van der Waals surface area contributed by atoms with Crippen LogP contribution in [0.25, 0.3) is 22.3 Å². The second-order valence-corrected chi connectivity index (χ2v) is 8.16. The SMILES string of the molecule is O=C(OCC1CCC(CO)CC1)c1ccc(-c2ccccc2-c2ccccc2)cc1. The number of aliphatic hydroxyl groups is 1. The highest BCUT2D eigenvalue weighted by Crippen LogP contribution is 2.32. The van der Waals surface area contributed by atoms with Gasteiger partial charge in [0.2, 0.25) is 0 Å². The summed E-state index contributed by atoms with van der Waals surface area (Å²) in [5.41, 5.74) is 5.15.